The van der Waals surface area contributed by atoms with Crippen LogP contribution in [0.5, 0.6) is 0 Å². The molecule has 0 spiro atoms. The highest BCUT2D eigenvalue weighted by Crippen LogP contribution is 2.30. The number of hydrogen-bond acceptors (Lipinski definition) is 2. The highest BCUT2D eigenvalue weighted by Gasteiger charge is 2.26. The van der Waals surface area contributed by atoms with Crippen LogP contribution in [0.15, 0.2) is 36.4 Å². The topological polar surface area (TPSA) is 49.4 Å². The minimum absolute atomic E-state index is 0.0360. The van der Waals surface area contributed by atoms with E-state index in [2.05, 4.69) is 17.4 Å². The molecule has 2 aromatic rings. The van der Waals surface area contributed by atoms with Gasteiger partial charge in [0.2, 0.25) is 5.91 Å². The van der Waals surface area contributed by atoms with E-state index < -0.39 is 0 Å². The van der Waals surface area contributed by atoms with Crippen molar-refractivity contribution in [2.24, 2.45) is 0 Å². The summed E-state index contributed by atoms with van der Waals surface area (Å²) < 4.78 is 0. The Kier molecular flexibility index (Phi) is 4.22. The van der Waals surface area contributed by atoms with E-state index in [1.165, 1.54) is 17.5 Å². The summed E-state index contributed by atoms with van der Waals surface area (Å²) >= 11 is 6.10. The zero-order valence-electron chi connectivity index (χ0n) is 13.8. The molecule has 0 radical (unpaired) electrons. The first-order chi connectivity index (χ1) is 12.1. The van der Waals surface area contributed by atoms with Gasteiger partial charge < -0.3 is 10.2 Å². The van der Waals surface area contributed by atoms with Crippen molar-refractivity contribution in [1.82, 2.24) is 0 Å². The number of hydrogen-bond donors (Lipinski definition) is 1. The average molecular weight is 355 g/mol. The van der Waals surface area contributed by atoms with Crippen LogP contribution in [0.1, 0.15) is 40.7 Å². The van der Waals surface area contributed by atoms with Crippen molar-refractivity contribution in [2.45, 2.75) is 32.1 Å². The first-order valence-corrected chi connectivity index (χ1v) is 9.03. The largest absolute Gasteiger partial charge is 0.322 e. The zero-order chi connectivity index (χ0) is 17.4. The van der Waals surface area contributed by atoms with Gasteiger partial charge in [-0.05, 0) is 67.1 Å². The van der Waals surface area contributed by atoms with Gasteiger partial charge in [-0.15, -0.1) is 0 Å². The Bertz CT molecular complexity index is 863. The number of benzene rings is 2. The lowest BCUT2D eigenvalue weighted by molar-refractivity contribution is -0.117. The van der Waals surface area contributed by atoms with Crippen LogP contribution in [0.2, 0.25) is 5.02 Å². The minimum atomic E-state index is -0.218. The first kappa shape index (κ1) is 16.2. The van der Waals surface area contributed by atoms with Crippen molar-refractivity contribution in [3.8, 4) is 0 Å². The van der Waals surface area contributed by atoms with E-state index >= 15 is 0 Å². The van der Waals surface area contributed by atoms with E-state index in [-0.39, 0.29) is 11.8 Å². The number of nitrogens with one attached hydrogen (secondary N) is 1. The SMILES string of the molecule is O=C(Nc1ccc2c(c1)CCC2)c1ccc(Cl)cc1N1CCCC1=O. The fraction of sp³-hybridized carbons (Fsp3) is 0.300. The van der Waals surface area contributed by atoms with E-state index in [0.717, 1.165) is 24.9 Å². The van der Waals surface area contributed by atoms with E-state index in [0.29, 0.717) is 29.2 Å². The number of nitrogens with zero attached hydrogens (tertiary/aromatic N) is 1. The molecule has 2 amide bonds. The van der Waals surface area contributed by atoms with E-state index in [1.807, 2.05) is 6.07 Å². The van der Waals surface area contributed by atoms with Crippen LogP contribution in [-0.4, -0.2) is 18.4 Å². The second kappa shape index (κ2) is 6.52. The van der Waals surface area contributed by atoms with Crippen LogP contribution in [0.25, 0.3) is 0 Å². The van der Waals surface area contributed by atoms with Gasteiger partial charge in [-0.25, -0.2) is 0 Å². The number of amides is 2. The van der Waals surface area contributed by atoms with E-state index in [9.17, 15) is 9.59 Å². The number of rotatable bonds is 3. The molecule has 0 unspecified atom stereocenters. The third-order valence-electron chi connectivity index (χ3n) is 4.92. The number of carbonyl (C=O) groups is 2. The molecule has 0 aromatic heterocycles. The number of anilines is 2. The predicted octanol–water partition coefficient (Wildman–Crippen LogP) is 4.21. The van der Waals surface area contributed by atoms with Crippen molar-refractivity contribution in [1.29, 1.82) is 0 Å². The quantitative estimate of drug-likeness (QED) is 0.897. The molecule has 128 valence electrons. The Hall–Kier alpha value is -2.33. The molecule has 0 bridgehead atoms. The second-order valence-corrected chi connectivity index (χ2v) is 7.04. The molecule has 1 aliphatic heterocycles. The molecule has 0 saturated carbocycles. The normalized spacial score (nSPS) is 16.2. The maximum atomic E-state index is 12.8. The predicted molar refractivity (Wildman–Crippen MR) is 99.5 cm³/mol. The fourth-order valence-corrected chi connectivity index (χ4v) is 3.84. The molecule has 2 aromatic carbocycles. The van der Waals surface area contributed by atoms with Gasteiger partial charge >= 0.3 is 0 Å². The Morgan fingerprint density at radius 3 is 2.64 bits per heavy atom. The van der Waals surface area contributed by atoms with Gasteiger partial charge in [-0.3, -0.25) is 9.59 Å². The fourth-order valence-electron chi connectivity index (χ4n) is 3.67. The van der Waals surface area contributed by atoms with Crippen LogP contribution in [-0.2, 0) is 17.6 Å². The van der Waals surface area contributed by atoms with E-state index in [1.54, 1.807) is 23.1 Å². The van der Waals surface area contributed by atoms with E-state index in [4.69, 9.17) is 11.6 Å². The van der Waals surface area contributed by atoms with Gasteiger partial charge in [0.05, 0.1) is 11.3 Å². The van der Waals surface area contributed by atoms with Crippen LogP contribution in [0.4, 0.5) is 11.4 Å². The molecule has 1 heterocycles. The van der Waals surface area contributed by atoms with Gasteiger partial charge in [-0.2, -0.15) is 0 Å². The second-order valence-electron chi connectivity index (χ2n) is 6.60. The smallest absolute Gasteiger partial charge is 0.257 e. The standard InChI is InChI=1S/C20H19ClN2O2/c21-15-7-9-17(18(12-15)23-10-2-5-19(23)24)20(25)22-16-8-6-13-3-1-4-14(13)11-16/h6-9,11-12H,1-5,10H2,(H,22,25). The maximum absolute atomic E-state index is 12.8. The summed E-state index contributed by atoms with van der Waals surface area (Å²) in [6.07, 6.45) is 4.66. The maximum Gasteiger partial charge on any atom is 0.257 e. The summed E-state index contributed by atoms with van der Waals surface area (Å²) in [5, 5.41) is 3.48. The molecule has 2 aliphatic rings. The number of carbonyl (C=O) groups excluding carboxylic acids is 2. The lowest BCUT2D eigenvalue weighted by atomic mass is 10.1. The molecule has 5 heteroatoms. The molecule has 1 fully saturated rings. The van der Waals surface area contributed by atoms with Crippen molar-refractivity contribution >= 4 is 34.8 Å². The Balaban J connectivity index is 1.63. The summed E-state index contributed by atoms with van der Waals surface area (Å²) in [6, 6.07) is 11.2. The van der Waals surface area contributed by atoms with Gasteiger partial charge in [0.15, 0.2) is 0 Å². The number of aryl methyl sites for hydroxylation is 2. The Morgan fingerprint density at radius 2 is 1.84 bits per heavy atom. The van der Waals surface area contributed by atoms with Crippen molar-refractivity contribution in [3.63, 3.8) is 0 Å². The van der Waals surface area contributed by atoms with Gasteiger partial charge in [-0.1, -0.05) is 17.7 Å². The third kappa shape index (κ3) is 3.14. The average Bonchev–Trinajstić information content (AvgIpc) is 3.22. The minimum Gasteiger partial charge on any atom is -0.322 e. The molecule has 0 atom stereocenters. The summed E-state index contributed by atoms with van der Waals surface area (Å²) in [5.41, 5.74) is 4.53. The van der Waals surface area contributed by atoms with Gasteiger partial charge in [0.25, 0.3) is 5.91 Å². The van der Waals surface area contributed by atoms with Crippen LogP contribution in [0, 0.1) is 0 Å². The van der Waals surface area contributed by atoms with Gasteiger partial charge in [0, 0.05) is 23.7 Å². The summed E-state index contributed by atoms with van der Waals surface area (Å²) in [5.74, 6) is -0.182. The third-order valence-corrected chi connectivity index (χ3v) is 5.16. The monoisotopic (exact) mass is 354 g/mol. The van der Waals surface area contributed by atoms with Crippen molar-refractivity contribution in [3.05, 3.63) is 58.1 Å². The molecule has 1 N–H and O–H groups in total. The molecular formula is C20H19ClN2O2. The summed E-state index contributed by atoms with van der Waals surface area (Å²) in [7, 11) is 0. The zero-order valence-corrected chi connectivity index (χ0v) is 14.6. The molecular weight excluding hydrogens is 336 g/mol. The molecule has 25 heavy (non-hydrogen) atoms. The number of halogens is 1. The summed E-state index contributed by atoms with van der Waals surface area (Å²) in [4.78, 5) is 26.6. The van der Waals surface area contributed by atoms with Gasteiger partial charge in [0.1, 0.15) is 0 Å². The molecule has 4 rings (SSSR count). The lowest BCUT2D eigenvalue weighted by Crippen LogP contribution is -2.27. The highest BCUT2D eigenvalue weighted by atomic mass is 35.5. The molecule has 4 nitrogen and oxygen atoms in total. The van der Waals surface area contributed by atoms with Crippen LogP contribution in [0.3, 0.4) is 0 Å². The molecule has 1 aliphatic carbocycles. The first-order valence-electron chi connectivity index (χ1n) is 8.65. The highest BCUT2D eigenvalue weighted by molar-refractivity contribution is 6.31. The summed E-state index contributed by atoms with van der Waals surface area (Å²) in [6.45, 7) is 0.623. The Labute approximate surface area is 151 Å². The van der Waals surface area contributed by atoms with Crippen LogP contribution < -0.4 is 10.2 Å². The lowest BCUT2D eigenvalue weighted by Gasteiger charge is -2.20. The number of fused-ring (bicyclic) bond motifs is 1. The Morgan fingerprint density at radius 1 is 1.00 bits per heavy atom. The van der Waals surface area contributed by atoms with Crippen molar-refractivity contribution in [2.75, 3.05) is 16.8 Å². The van der Waals surface area contributed by atoms with Crippen molar-refractivity contribution < 1.29 is 9.59 Å². The van der Waals surface area contributed by atoms with Crippen LogP contribution >= 0.6 is 11.6 Å². The molecule has 1 saturated heterocycles.